The Balaban J connectivity index is 1.84. The first-order valence-corrected chi connectivity index (χ1v) is 12.4. The van der Waals surface area contributed by atoms with Crippen molar-refractivity contribution in [3.63, 3.8) is 0 Å². The van der Waals surface area contributed by atoms with E-state index in [1.807, 2.05) is 0 Å². The minimum atomic E-state index is -3.47. The number of aromatic nitrogens is 2. The maximum Gasteiger partial charge on any atom is 0.233 e. The maximum absolute atomic E-state index is 13.1. The minimum absolute atomic E-state index is 0.0295. The molecule has 1 aliphatic rings. The summed E-state index contributed by atoms with van der Waals surface area (Å²) in [7, 11) is -3.47. The number of carbonyl (C=O) groups is 1. The molecule has 3 N–H and O–H groups in total. The summed E-state index contributed by atoms with van der Waals surface area (Å²) in [5, 5.41) is 21.4. The van der Waals surface area contributed by atoms with Gasteiger partial charge in [-0.3, -0.25) is 9.78 Å². The number of amides is 1. The van der Waals surface area contributed by atoms with Gasteiger partial charge in [-0.2, -0.15) is 0 Å². The molecule has 1 aromatic heterocycles. The van der Waals surface area contributed by atoms with Crippen molar-refractivity contribution in [2.24, 2.45) is 5.92 Å². The van der Waals surface area contributed by atoms with E-state index in [2.05, 4.69) is 15.3 Å². The zero-order valence-corrected chi connectivity index (χ0v) is 18.7. The van der Waals surface area contributed by atoms with Gasteiger partial charge in [0.15, 0.2) is 15.7 Å². The maximum atomic E-state index is 13.1. The second-order valence-electron chi connectivity index (χ2n) is 7.91. The lowest BCUT2D eigenvalue weighted by Gasteiger charge is -2.21. The number of benzene rings is 1. The first kappa shape index (κ1) is 23.6. The van der Waals surface area contributed by atoms with Crippen LogP contribution in [0.2, 0.25) is 5.02 Å². The molecule has 0 spiro atoms. The van der Waals surface area contributed by atoms with E-state index in [-0.39, 0.29) is 27.3 Å². The monoisotopic (exact) mass is 467 g/mol. The van der Waals surface area contributed by atoms with Crippen LogP contribution in [0.4, 0.5) is 5.82 Å². The SMILES string of the molecule is CS(=O)(=O)c1ccc([C@@H](CC2CCCC2)C(=O)Nc2cnc(C(O)CO)cn2)cc1Cl. The molecule has 31 heavy (non-hydrogen) atoms. The average Bonchev–Trinajstić information content (AvgIpc) is 3.24. The molecule has 3 rings (SSSR count). The number of nitrogens with one attached hydrogen (secondary N) is 1. The molecule has 1 aliphatic carbocycles. The molecule has 8 nitrogen and oxygen atoms in total. The van der Waals surface area contributed by atoms with Crippen LogP contribution in [0, 0.1) is 5.92 Å². The molecule has 1 heterocycles. The number of rotatable bonds is 8. The van der Waals surface area contributed by atoms with E-state index in [9.17, 15) is 18.3 Å². The van der Waals surface area contributed by atoms with Gasteiger partial charge >= 0.3 is 0 Å². The van der Waals surface area contributed by atoms with Crippen LogP contribution >= 0.6 is 11.6 Å². The van der Waals surface area contributed by atoms with E-state index >= 15 is 0 Å². The Morgan fingerprint density at radius 1 is 1.26 bits per heavy atom. The van der Waals surface area contributed by atoms with Crippen LogP contribution in [0.5, 0.6) is 0 Å². The van der Waals surface area contributed by atoms with Crippen LogP contribution in [-0.2, 0) is 14.6 Å². The van der Waals surface area contributed by atoms with Gasteiger partial charge in [0, 0.05) is 6.26 Å². The molecule has 1 fully saturated rings. The number of sulfone groups is 1. The first-order valence-electron chi connectivity index (χ1n) is 10.1. The van der Waals surface area contributed by atoms with Crippen LogP contribution in [0.15, 0.2) is 35.5 Å². The number of carbonyl (C=O) groups excluding carboxylic acids is 1. The van der Waals surface area contributed by atoms with Gasteiger partial charge in [-0.1, -0.05) is 43.4 Å². The van der Waals surface area contributed by atoms with Crippen LogP contribution in [0.25, 0.3) is 0 Å². The summed E-state index contributed by atoms with van der Waals surface area (Å²) in [6.45, 7) is -0.478. The summed E-state index contributed by atoms with van der Waals surface area (Å²) in [5.41, 5.74) is 0.841. The van der Waals surface area contributed by atoms with Gasteiger partial charge in [0.2, 0.25) is 5.91 Å². The standard InChI is InChI=1S/C21H26ClN3O5S/c1-31(29,30)19-7-6-14(9-16(19)22)15(8-13-4-2-3-5-13)21(28)25-20-11-23-17(10-24-20)18(27)12-26/h6-7,9-11,13,15,18,26-27H,2-5,8,12H2,1H3,(H,24,25,28)/t15-,18?/m1/s1. The predicted octanol–water partition coefficient (Wildman–Crippen LogP) is 2.86. The number of nitrogens with zero attached hydrogens (tertiary/aromatic N) is 2. The molecule has 0 bridgehead atoms. The van der Waals surface area contributed by atoms with Crippen molar-refractivity contribution in [1.82, 2.24) is 9.97 Å². The summed E-state index contributed by atoms with van der Waals surface area (Å²) in [4.78, 5) is 21.3. The average molecular weight is 468 g/mol. The van der Waals surface area contributed by atoms with E-state index in [1.165, 1.54) is 18.5 Å². The molecule has 0 radical (unpaired) electrons. The van der Waals surface area contributed by atoms with Crippen molar-refractivity contribution >= 4 is 33.2 Å². The molecule has 1 aromatic carbocycles. The number of aliphatic hydroxyl groups excluding tert-OH is 2. The van der Waals surface area contributed by atoms with Gasteiger partial charge in [0.1, 0.15) is 6.10 Å². The molecule has 10 heteroatoms. The molecule has 1 saturated carbocycles. The molecular formula is C21H26ClN3O5S. The Morgan fingerprint density at radius 3 is 2.52 bits per heavy atom. The van der Waals surface area contributed by atoms with E-state index in [0.29, 0.717) is 17.9 Å². The van der Waals surface area contributed by atoms with Crippen molar-refractivity contribution < 1.29 is 23.4 Å². The first-order chi connectivity index (χ1) is 14.7. The zero-order valence-electron chi connectivity index (χ0n) is 17.2. The molecular weight excluding hydrogens is 442 g/mol. The minimum Gasteiger partial charge on any atom is -0.393 e. The zero-order chi connectivity index (χ0) is 22.6. The van der Waals surface area contributed by atoms with E-state index in [4.69, 9.17) is 16.7 Å². The highest BCUT2D eigenvalue weighted by Crippen LogP contribution is 2.36. The quantitative estimate of drug-likeness (QED) is 0.544. The Bertz CT molecular complexity index is 1020. The smallest absolute Gasteiger partial charge is 0.233 e. The van der Waals surface area contributed by atoms with E-state index in [0.717, 1.165) is 31.9 Å². The number of anilines is 1. The molecule has 1 amide bonds. The predicted molar refractivity (Wildman–Crippen MR) is 117 cm³/mol. The Morgan fingerprint density at radius 2 is 1.97 bits per heavy atom. The van der Waals surface area contributed by atoms with Gasteiger partial charge in [-0.15, -0.1) is 0 Å². The van der Waals surface area contributed by atoms with Gasteiger partial charge in [0.25, 0.3) is 0 Å². The van der Waals surface area contributed by atoms with Crippen molar-refractivity contribution in [3.05, 3.63) is 46.9 Å². The second-order valence-corrected chi connectivity index (χ2v) is 10.3. The van der Waals surface area contributed by atoms with E-state index < -0.39 is 28.5 Å². The summed E-state index contributed by atoms with van der Waals surface area (Å²) >= 11 is 6.22. The van der Waals surface area contributed by atoms with Crippen LogP contribution in [-0.4, -0.2) is 47.4 Å². The summed E-state index contributed by atoms with van der Waals surface area (Å²) in [6.07, 6.45) is 7.54. The number of hydrogen-bond acceptors (Lipinski definition) is 7. The number of halogens is 1. The fraction of sp³-hybridized carbons (Fsp3) is 0.476. The Labute approximate surface area is 186 Å². The third-order valence-corrected chi connectivity index (χ3v) is 7.14. The van der Waals surface area contributed by atoms with Gasteiger partial charge in [-0.25, -0.2) is 13.4 Å². The fourth-order valence-corrected chi connectivity index (χ4v) is 5.23. The highest BCUT2D eigenvalue weighted by molar-refractivity contribution is 7.90. The van der Waals surface area contributed by atoms with Crippen LogP contribution in [0.3, 0.4) is 0 Å². The molecule has 2 atom stereocenters. The van der Waals surface area contributed by atoms with Gasteiger partial charge < -0.3 is 15.5 Å². The largest absolute Gasteiger partial charge is 0.393 e. The third kappa shape index (κ3) is 6.00. The molecule has 1 unspecified atom stereocenters. The summed E-state index contributed by atoms with van der Waals surface area (Å²) in [5.74, 6) is -0.204. The van der Waals surface area contributed by atoms with Gasteiger partial charge in [-0.05, 0) is 30.0 Å². The lowest BCUT2D eigenvalue weighted by molar-refractivity contribution is -0.118. The highest BCUT2D eigenvalue weighted by Gasteiger charge is 2.28. The number of hydrogen-bond donors (Lipinski definition) is 3. The highest BCUT2D eigenvalue weighted by atomic mass is 35.5. The molecule has 2 aromatic rings. The molecule has 0 aliphatic heterocycles. The molecule has 0 saturated heterocycles. The van der Waals surface area contributed by atoms with Crippen molar-refractivity contribution in [3.8, 4) is 0 Å². The molecule has 168 valence electrons. The summed E-state index contributed by atoms with van der Waals surface area (Å²) in [6, 6.07) is 4.62. The number of aliphatic hydroxyl groups is 2. The van der Waals surface area contributed by atoms with Crippen LogP contribution < -0.4 is 5.32 Å². The summed E-state index contributed by atoms with van der Waals surface area (Å²) < 4.78 is 23.7. The second kappa shape index (κ2) is 10.0. The lowest BCUT2D eigenvalue weighted by atomic mass is 9.87. The normalized spacial score (nSPS) is 16.8. The van der Waals surface area contributed by atoms with Crippen molar-refractivity contribution in [2.75, 3.05) is 18.2 Å². The third-order valence-electron chi connectivity index (χ3n) is 5.56. The Hall–Kier alpha value is -2.07. The fourth-order valence-electron chi connectivity index (χ4n) is 3.89. The van der Waals surface area contributed by atoms with E-state index in [1.54, 1.807) is 12.1 Å². The van der Waals surface area contributed by atoms with Crippen molar-refractivity contribution in [2.45, 2.75) is 49.0 Å². The van der Waals surface area contributed by atoms with Gasteiger partial charge in [0.05, 0.1) is 40.5 Å². The lowest BCUT2D eigenvalue weighted by Crippen LogP contribution is -2.24. The Kier molecular flexibility index (Phi) is 7.64. The van der Waals surface area contributed by atoms with Crippen LogP contribution in [0.1, 0.15) is 55.4 Å². The topological polar surface area (TPSA) is 129 Å². The van der Waals surface area contributed by atoms with Crippen molar-refractivity contribution in [1.29, 1.82) is 0 Å².